The van der Waals surface area contributed by atoms with Crippen molar-refractivity contribution in [2.24, 2.45) is 5.92 Å². The van der Waals surface area contributed by atoms with Gasteiger partial charge in [-0.2, -0.15) is 0 Å². The van der Waals surface area contributed by atoms with E-state index in [0.29, 0.717) is 5.92 Å². The Labute approximate surface area is 44.8 Å². The minimum absolute atomic E-state index is 0.614. The molecule has 0 aromatic heterocycles. The van der Waals surface area contributed by atoms with Crippen LogP contribution in [0.25, 0.3) is 0 Å². The molecule has 1 heterocycles. The van der Waals surface area contributed by atoms with E-state index >= 15 is 0 Å². The van der Waals surface area contributed by atoms with Gasteiger partial charge in [0.05, 0.1) is 5.80 Å². The Morgan fingerprint density at radius 3 is 2.71 bits per heavy atom. The summed E-state index contributed by atoms with van der Waals surface area (Å²) in [6, 6.07) is 0. The number of hydrogen-bond donors (Lipinski definition) is 0. The van der Waals surface area contributed by atoms with E-state index in [2.05, 4.69) is 6.92 Å². The highest BCUT2D eigenvalue weighted by atomic mass is 31.1. The van der Waals surface area contributed by atoms with Crippen molar-refractivity contribution in [1.82, 2.24) is 0 Å². The van der Waals surface area contributed by atoms with Crippen molar-refractivity contribution in [1.29, 1.82) is 0 Å². The van der Waals surface area contributed by atoms with E-state index < -0.39 is 7.77 Å². The Balaban J connectivity index is 2.50. The van der Waals surface area contributed by atoms with E-state index in [1.807, 2.05) is 5.80 Å². The molecular formula is C5H9OP. The fraction of sp³-hybridized carbons (Fsp3) is 0.800. The molecule has 0 radical (unpaired) electrons. The molecule has 2 heteroatoms. The van der Waals surface area contributed by atoms with Crippen molar-refractivity contribution in [3.05, 3.63) is 0 Å². The van der Waals surface area contributed by atoms with Gasteiger partial charge in [-0.05, 0) is 6.42 Å². The Morgan fingerprint density at radius 1 is 1.86 bits per heavy atom. The maximum Gasteiger partial charge on any atom is 0.103 e. The third-order valence-corrected chi connectivity index (χ3v) is 2.77. The predicted octanol–water partition coefficient (Wildman–Crippen LogP) is 0.586. The van der Waals surface area contributed by atoms with E-state index in [-0.39, 0.29) is 0 Å². The van der Waals surface area contributed by atoms with Crippen LogP contribution in [0.1, 0.15) is 13.3 Å². The first kappa shape index (κ1) is 5.27. The van der Waals surface area contributed by atoms with Crippen molar-refractivity contribution >= 4 is 13.6 Å². The lowest BCUT2D eigenvalue weighted by atomic mass is 10.2. The zero-order valence-corrected chi connectivity index (χ0v) is 5.32. The van der Waals surface area contributed by atoms with E-state index in [9.17, 15) is 4.89 Å². The van der Waals surface area contributed by atoms with Gasteiger partial charge in [-0.15, -0.1) is 0 Å². The van der Waals surface area contributed by atoms with Gasteiger partial charge >= 0.3 is 0 Å². The zero-order valence-electron chi connectivity index (χ0n) is 4.42. The topological polar surface area (TPSA) is 23.1 Å². The van der Waals surface area contributed by atoms with Crippen LogP contribution in [0, 0.1) is 5.92 Å². The second-order valence-electron chi connectivity index (χ2n) is 2.06. The van der Waals surface area contributed by atoms with E-state index in [4.69, 9.17) is 0 Å². The smallest absolute Gasteiger partial charge is 0.103 e. The average molecular weight is 116 g/mol. The van der Waals surface area contributed by atoms with Gasteiger partial charge in [-0.25, -0.2) is 0 Å². The summed E-state index contributed by atoms with van der Waals surface area (Å²) in [6.07, 6.45) is 2.06. The minimum atomic E-state index is -0.879. The molecule has 7 heavy (non-hydrogen) atoms. The van der Waals surface area contributed by atoms with Crippen LogP contribution in [0.15, 0.2) is 0 Å². The van der Waals surface area contributed by atoms with Gasteiger partial charge < -0.3 is 4.89 Å². The number of hydrogen-bond acceptors (Lipinski definition) is 1. The highest BCUT2D eigenvalue weighted by molar-refractivity contribution is 7.50. The standard InChI is InChI=1S/C5H9OP/c1-5-2-3-7(6)4-5/h4-5H,2-3H2,1H3. The highest BCUT2D eigenvalue weighted by Gasteiger charge is 2.12. The van der Waals surface area contributed by atoms with Gasteiger partial charge in [0.15, 0.2) is 0 Å². The molecule has 1 aliphatic heterocycles. The molecule has 0 saturated heterocycles. The summed E-state index contributed by atoms with van der Waals surface area (Å²) in [6.45, 7) is 2.11. The quantitative estimate of drug-likeness (QED) is 0.425. The van der Waals surface area contributed by atoms with E-state index in [0.717, 1.165) is 12.6 Å². The van der Waals surface area contributed by atoms with Crippen LogP contribution < -0.4 is 4.89 Å². The summed E-state index contributed by atoms with van der Waals surface area (Å²) in [7, 11) is -0.879. The fourth-order valence-corrected chi connectivity index (χ4v) is 2.29. The summed E-state index contributed by atoms with van der Waals surface area (Å²) in [5.41, 5.74) is 0. The van der Waals surface area contributed by atoms with E-state index in [1.165, 1.54) is 0 Å². The first-order chi connectivity index (χ1) is 3.29. The van der Waals surface area contributed by atoms with Gasteiger partial charge in [0.1, 0.15) is 6.16 Å². The first-order valence-corrected chi connectivity index (χ1v) is 4.09. The van der Waals surface area contributed by atoms with Crippen LogP contribution in [0.3, 0.4) is 0 Å². The molecule has 1 aliphatic rings. The van der Waals surface area contributed by atoms with E-state index in [1.54, 1.807) is 0 Å². The lowest BCUT2D eigenvalue weighted by Gasteiger charge is -1.83. The van der Waals surface area contributed by atoms with Gasteiger partial charge in [0, 0.05) is 13.7 Å². The first-order valence-electron chi connectivity index (χ1n) is 2.58. The molecule has 0 fully saturated rings. The molecule has 1 rings (SSSR count). The van der Waals surface area contributed by atoms with Crippen LogP contribution in [-0.2, 0) is 0 Å². The molecule has 0 amide bonds. The molecule has 0 aromatic carbocycles. The fourth-order valence-electron chi connectivity index (χ4n) is 0.764. The second kappa shape index (κ2) is 1.94. The summed E-state index contributed by atoms with van der Waals surface area (Å²) in [5, 5.41) is 0. The van der Waals surface area contributed by atoms with Gasteiger partial charge in [0.2, 0.25) is 0 Å². The van der Waals surface area contributed by atoms with Gasteiger partial charge in [-0.1, -0.05) is 6.92 Å². The van der Waals surface area contributed by atoms with Gasteiger partial charge in [-0.3, -0.25) is 0 Å². The molecule has 0 aliphatic carbocycles. The molecule has 1 nitrogen and oxygen atoms in total. The second-order valence-corrected chi connectivity index (χ2v) is 3.64. The van der Waals surface area contributed by atoms with Crippen molar-refractivity contribution in [2.45, 2.75) is 13.3 Å². The van der Waals surface area contributed by atoms with Gasteiger partial charge in [0.25, 0.3) is 0 Å². The highest BCUT2D eigenvalue weighted by Crippen LogP contribution is 2.23. The van der Waals surface area contributed by atoms with Crippen LogP contribution in [0.2, 0.25) is 0 Å². The molecule has 0 bridgehead atoms. The van der Waals surface area contributed by atoms with Crippen molar-refractivity contribution in [3.63, 3.8) is 0 Å². The SMILES string of the molecule is CC1C=[P+]([O-])CC1. The van der Waals surface area contributed by atoms with Crippen molar-refractivity contribution in [3.8, 4) is 0 Å². The maximum absolute atomic E-state index is 10.5. The molecule has 0 aromatic rings. The molecule has 2 atom stereocenters. The predicted molar refractivity (Wildman–Crippen MR) is 31.6 cm³/mol. The summed E-state index contributed by atoms with van der Waals surface area (Å²) in [5.74, 6) is 2.57. The Bertz CT molecular complexity index is 98.3. The van der Waals surface area contributed by atoms with Crippen LogP contribution in [-0.4, -0.2) is 12.0 Å². The van der Waals surface area contributed by atoms with Crippen LogP contribution >= 0.6 is 7.77 Å². The average Bonchev–Trinajstić information content (AvgIpc) is 1.87. The normalized spacial score (nSPS) is 35.7. The zero-order chi connectivity index (χ0) is 5.28. The largest absolute Gasteiger partial charge is 0.631 e. The third-order valence-electron chi connectivity index (χ3n) is 1.23. The van der Waals surface area contributed by atoms with Crippen molar-refractivity contribution < 1.29 is 4.89 Å². The monoisotopic (exact) mass is 116 g/mol. The molecule has 0 saturated carbocycles. The molecular weight excluding hydrogens is 107 g/mol. The van der Waals surface area contributed by atoms with Crippen molar-refractivity contribution in [2.75, 3.05) is 6.16 Å². The molecule has 2 unspecified atom stereocenters. The number of rotatable bonds is 0. The lowest BCUT2D eigenvalue weighted by molar-refractivity contribution is -0.152. The minimum Gasteiger partial charge on any atom is -0.631 e. The summed E-state index contributed by atoms with van der Waals surface area (Å²) < 4.78 is 0. The Kier molecular flexibility index (Phi) is 1.46. The van der Waals surface area contributed by atoms with Crippen LogP contribution in [0.4, 0.5) is 0 Å². The summed E-state index contributed by atoms with van der Waals surface area (Å²) in [4.78, 5) is 10.5. The van der Waals surface area contributed by atoms with Crippen LogP contribution in [0.5, 0.6) is 0 Å². The molecule has 40 valence electrons. The Hall–Kier alpha value is 0.130. The molecule has 0 N–H and O–H groups in total. The summed E-state index contributed by atoms with van der Waals surface area (Å²) >= 11 is 0. The Morgan fingerprint density at radius 2 is 2.57 bits per heavy atom. The molecule has 0 spiro atoms. The maximum atomic E-state index is 10.5. The third kappa shape index (κ3) is 1.25. The lowest BCUT2D eigenvalue weighted by Crippen LogP contribution is -1.86.